The number of halogens is 2. The van der Waals surface area contributed by atoms with Crippen LogP contribution >= 0.6 is 0 Å². The van der Waals surface area contributed by atoms with E-state index < -0.39 is 11.6 Å². The summed E-state index contributed by atoms with van der Waals surface area (Å²) in [6.45, 7) is 2.25. The molecule has 0 atom stereocenters. The Hall–Kier alpha value is -2.08. The van der Waals surface area contributed by atoms with E-state index in [0.29, 0.717) is 12.1 Å². The van der Waals surface area contributed by atoms with Gasteiger partial charge in [0.05, 0.1) is 12.6 Å². The fraction of sp³-hybridized carbons (Fsp3) is 0.500. The lowest BCUT2D eigenvalue weighted by molar-refractivity contribution is -0.131. The summed E-state index contributed by atoms with van der Waals surface area (Å²) in [6, 6.07) is 3.35. The highest BCUT2D eigenvalue weighted by Crippen LogP contribution is 2.28. The number of carbonyl (C=O) groups is 1. The van der Waals surface area contributed by atoms with Crippen molar-refractivity contribution in [3.63, 3.8) is 0 Å². The molecule has 0 saturated heterocycles. The van der Waals surface area contributed by atoms with Gasteiger partial charge in [0.15, 0.2) is 0 Å². The van der Waals surface area contributed by atoms with Gasteiger partial charge in [-0.1, -0.05) is 0 Å². The molecule has 0 aromatic heterocycles. The molecule has 2 aliphatic rings. The Morgan fingerprint density at radius 3 is 2.62 bits per heavy atom. The Morgan fingerprint density at radius 1 is 1.27 bits per heavy atom. The number of carbonyl (C=O) groups excluding carboxylic acids is 1. The lowest BCUT2D eigenvalue weighted by Gasteiger charge is -2.37. The maximum Gasteiger partial charge on any atom is 0.252 e. The minimum absolute atomic E-state index is 0.0154. The number of hydrogen-bond acceptors (Lipinski definition) is 3. The Bertz CT molecular complexity index is 737. The van der Waals surface area contributed by atoms with E-state index in [9.17, 15) is 13.6 Å². The van der Waals surface area contributed by atoms with Crippen LogP contribution in [0, 0.1) is 11.6 Å². The Kier molecular flexibility index (Phi) is 5.81. The Balaban J connectivity index is 1.83. The van der Waals surface area contributed by atoms with E-state index in [2.05, 4.69) is 4.99 Å². The summed E-state index contributed by atoms with van der Waals surface area (Å²) in [4.78, 5) is 19.0. The van der Waals surface area contributed by atoms with E-state index in [1.165, 1.54) is 6.07 Å². The van der Waals surface area contributed by atoms with Crippen molar-refractivity contribution >= 4 is 11.6 Å². The predicted molar refractivity (Wildman–Crippen MR) is 96.0 cm³/mol. The van der Waals surface area contributed by atoms with Gasteiger partial charge < -0.3 is 9.64 Å². The van der Waals surface area contributed by atoms with Gasteiger partial charge in [0.1, 0.15) is 11.6 Å². The third-order valence-electron chi connectivity index (χ3n) is 5.18. The molecule has 1 aromatic rings. The van der Waals surface area contributed by atoms with E-state index in [1.807, 2.05) is 6.92 Å². The topological polar surface area (TPSA) is 41.9 Å². The number of hydrogen-bond donors (Lipinski definition) is 0. The van der Waals surface area contributed by atoms with Crippen LogP contribution in [0.4, 0.5) is 8.78 Å². The molecule has 1 fully saturated rings. The van der Waals surface area contributed by atoms with Gasteiger partial charge in [-0.25, -0.2) is 8.78 Å². The summed E-state index contributed by atoms with van der Waals surface area (Å²) in [5.74, 6) is -1.14. The molecule has 1 saturated carbocycles. The van der Waals surface area contributed by atoms with E-state index >= 15 is 0 Å². The number of aliphatic imine (C=N–C) groups is 1. The molecule has 0 radical (unpaired) electrons. The second-order valence-electron chi connectivity index (χ2n) is 6.96. The molecule has 1 aliphatic heterocycles. The van der Waals surface area contributed by atoms with Gasteiger partial charge in [0.2, 0.25) is 0 Å². The second kappa shape index (κ2) is 8.08. The van der Waals surface area contributed by atoms with Crippen molar-refractivity contribution in [2.24, 2.45) is 4.99 Å². The van der Waals surface area contributed by atoms with Crippen LogP contribution in [0.3, 0.4) is 0 Å². The van der Waals surface area contributed by atoms with Crippen LogP contribution in [0.1, 0.15) is 38.2 Å². The molecule has 1 heterocycles. The SMILES string of the molecule is COC1CCC(N(Cc2cc(F)ccc2F)C(=O)C2=CC(C)=NC2)CC1. The van der Waals surface area contributed by atoms with Gasteiger partial charge in [-0.3, -0.25) is 9.79 Å². The van der Waals surface area contributed by atoms with Crippen molar-refractivity contribution in [1.82, 2.24) is 4.90 Å². The number of amides is 1. The molecule has 1 amide bonds. The molecule has 26 heavy (non-hydrogen) atoms. The molecule has 0 spiro atoms. The zero-order chi connectivity index (χ0) is 18.7. The molecule has 0 bridgehead atoms. The third kappa shape index (κ3) is 4.18. The van der Waals surface area contributed by atoms with E-state index in [-0.39, 0.29) is 30.2 Å². The van der Waals surface area contributed by atoms with Crippen LogP contribution in [0.15, 0.2) is 34.8 Å². The fourth-order valence-electron chi connectivity index (χ4n) is 3.67. The summed E-state index contributed by atoms with van der Waals surface area (Å²) in [7, 11) is 1.69. The monoisotopic (exact) mass is 362 g/mol. The van der Waals surface area contributed by atoms with Crippen LogP contribution in [-0.2, 0) is 16.1 Å². The van der Waals surface area contributed by atoms with Crippen molar-refractivity contribution < 1.29 is 18.3 Å². The van der Waals surface area contributed by atoms with Crippen molar-refractivity contribution in [2.75, 3.05) is 13.7 Å². The first-order valence-corrected chi connectivity index (χ1v) is 8.97. The summed E-state index contributed by atoms with van der Waals surface area (Å²) >= 11 is 0. The molecular weight excluding hydrogens is 338 g/mol. The minimum atomic E-state index is -0.504. The molecule has 140 valence electrons. The van der Waals surface area contributed by atoms with Gasteiger partial charge in [0.25, 0.3) is 5.91 Å². The second-order valence-corrected chi connectivity index (χ2v) is 6.96. The number of rotatable bonds is 5. The van der Waals surface area contributed by atoms with Gasteiger partial charge >= 0.3 is 0 Å². The van der Waals surface area contributed by atoms with Gasteiger partial charge in [-0.05, 0) is 56.9 Å². The maximum absolute atomic E-state index is 14.2. The zero-order valence-electron chi connectivity index (χ0n) is 15.2. The van der Waals surface area contributed by atoms with Crippen LogP contribution in [0.2, 0.25) is 0 Å². The van der Waals surface area contributed by atoms with Crippen LogP contribution in [0.5, 0.6) is 0 Å². The number of allylic oxidation sites excluding steroid dienone is 1. The summed E-state index contributed by atoms with van der Waals surface area (Å²) < 4.78 is 33.1. The van der Waals surface area contributed by atoms with E-state index in [4.69, 9.17) is 4.74 Å². The minimum Gasteiger partial charge on any atom is -0.381 e. The molecular formula is C20H24F2N2O2. The van der Waals surface area contributed by atoms with E-state index in [1.54, 1.807) is 18.1 Å². The molecule has 0 unspecified atom stereocenters. The predicted octanol–water partition coefficient (Wildman–Crippen LogP) is 3.65. The first kappa shape index (κ1) is 18.7. The number of ether oxygens (including phenoxy) is 1. The van der Waals surface area contributed by atoms with Gasteiger partial charge in [-0.15, -0.1) is 0 Å². The standard InChI is InChI=1S/C20H24F2N2O2/c1-13-9-14(11-23-13)20(25)24(17-4-6-18(26-2)7-5-17)12-15-10-16(21)3-8-19(15)22/h3,8-10,17-18H,4-7,11-12H2,1-2H3. The first-order valence-electron chi connectivity index (χ1n) is 8.97. The lowest BCUT2D eigenvalue weighted by atomic mass is 9.91. The van der Waals surface area contributed by atoms with Crippen LogP contribution in [0.25, 0.3) is 0 Å². The highest BCUT2D eigenvalue weighted by atomic mass is 19.1. The molecule has 3 rings (SSSR count). The number of nitrogens with zero attached hydrogens (tertiary/aromatic N) is 2. The summed E-state index contributed by atoms with van der Waals surface area (Å²) in [5.41, 5.74) is 1.62. The molecule has 6 heteroatoms. The lowest BCUT2D eigenvalue weighted by Crippen LogP contribution is -2.43. The quantitative estimate of drug-likeness (QED) is 0.802. The largest absolute Gasteiger partial charge is 0.381 e. The van der Waals surface area contributed by atoms with E-state index in [0.717, 1.165) is 43.5 Å². The number of methoxy groups -OCH3 is 1. The summed E-state index contributed by atoms with van der Waals surface area (Å²) in [6.07, 6.45) is 5.25. The highest BCUT2D eigenvalue weighted by Gasteiger charge is 2.31. The zero-order valence-corrected chi connectivity index (χ0v) is 15.2. The normalized spacial score (nSPS) is 22.8. The van der Waals surface area contributed by atoms with Crippen LogP contribution < -0.4 is 0 Å². The average molecular weight is 362 g/mol. The van der Waals surface area contributed by atoms with Crippen LogP contribution in [-0.4, -0.2) is 42.3 Å². The van der Waals surface area contributed by atoms with Gasteiger partial charge in [0, 0.05) is 36.5 Å². The first-order chi connectivity index (χ1) is 12.5. The van der Waals surface area contributed by atoms with Crippen molar-refractivity contribution in [2.45, 2.75) is 51.3 Å². The average Bonchev–Trinajstić information content (AvgIpc) is 3.08. The highest BCUT2D eigenvalue weighted by molar-refractivity contribution is 6.06. The number of benzene rings is 1. The fourth-order valence-corrected chi connectivity index (χ4v) is 3.67. The molecule has 0 N–H and O–H groups in total. The van der Waals surface area contributed by atoms with Crippen molar-refractivity contribution in [3.05, 3.63) is 47.0 Å². The van der Waals surface area contributed by atoms with Crippen molar-refractivity contribution in [3.8, 4) is 0 Å². The Labute approximate surface area is 152 Å². The van der Waals surface area contributed by atoms with Gasteiger partial charge in [-0.2, -0.15) is 0 Å². The Morgan fingerprint density at radius 2 is 2.00 bits per heavy atom. The molecule has 4 nitrogen and oxygen atoms in total. The maximum atomic E-state index is 14.2. The smallest absolute Gasteiger partial charge is 0.252 e. The molecule has 1 aliphatic carbocycles. The summed E-state index contributed by atoms with van der Waals surface area (Å²) in [5, 5.41) is 0. The van der Waals surface area contributed by atoms with Crippen molar-refractivity contribution in [1.29, 1.82) is 0 Å². The third-order valence-corrected chi connectivity index (χ3v) is 5.18. The molecule has 1 aromatic carbocycles.